The van der Waals surface area contributed by atoms with Crippen LogP contribution in [0, 0.1) is 0 Å². The second-order valence-corrected chi connectivity index (χ2v) is 9.69. The van der Waals surface area contributed by atoms with E-state index < -0.39 is 22.9 Å². The molecule has 11 heteroatoms. The fourth-order valence-electron chi connectivity index (χ4n) is 3.56. The van der Waals surface area contributed by atoms with Crippen molar-refractivity contribution >= 4 is 51.7 Å². The number of alkyl halides is 3. The monoisotopic (exact) mass is 547 g/mol. The molecule has 0 spiro atoms. The number of carbonyl (C=O) groups excluding carboxylic acids is 2. The number of amidine groups is 1. The van der Waals surface area contributed by atoms with Crippen molar-refractivity contribution in [3.8, 4) is 5.75 Å². The zero-order valence-electron chi connectivity index (χ0n) is 19.5. The van der Waals surface area contributed by atoms with Crippen LogP contribution in [0.25, 0.3) is 0 Å². The smallest absolute Gasteiger partial charge is 0.416 e. The Hall–Kier alpha value is -3.50. The molecule has 192 valence electrons. The van der Waals surface area contributed by atoms with E-state index in [9.17, 15) is 22.8 Å². The van der Waals surface area contributed by atoms with E-state index in [1.807, 2.05) is 0 Å². The van der Waals surface area contributed by atoms with Gasteiger partial charge in [0.2, 0.25) is 11.8 Å². The number of halogens is 4. The molecule has 1 atom stereocenters. The second-order valence-electron chi connectivity index (χ2n) is 8.08. The minimum Gasteiger partial charge on any atom is -0.497 e. The summed E-state index contributed by atoms with van der Waals surface area (Å²) in [7, 11) is 1.54. The van der Waals surface area contributed by atoms with Gasteiger partial charge in [-0.3, -0.25) is 14.5 Å². The van der Waals surface area contributed by atoms with E-state index in [2.05, 4.69) is 10.3 Å². The van der Waals surface area contributed by atoms with E-state index in [0.717, 1.165) is 29.5 Å². The molecule has 3 aromatic rings. The molecule has 0 radical (unpaired) electrons. The minimum absolute atomic E-state index is 0.0146. The molecule has 0 bridgehead atoms. The first-order valence-electron chi connectivity index (χ1n) is 11.0. The number of anilines is 1. The Morgan fingerprint density at radius 1 is 1.14 bits per heavy atom. The van der Waals surface area contributed by atoms with Gasteiger partial charge in [0.25, 0.3) is 0 Å². The molecule has 37 heavy (non-hydrogen) atoms. The Morgan fingerprint density at radius 2 is 1.86 bits per heavy atom. The van der Waals surface area contributed by atoms with E-state index in [4.69, 9.17) is 16.3 Å². The average Bonchev–Trinajstić information content (AvgIpc) is 2.86. The van der Waals surface area contributed by atoms with Crippen molar-refractivity contribution < 1.29 is 27.5 Å². The Bertz CT molecular complexity index is 1330. The highest BCUT2D eigenvalue weighted by Crippen LogP contribution is 2.34. The first-order chi connectivity index (χ1) is 17.6. The maximum Gasteiger partial charge on any atom is 0.416 e. The van der Waals surface area contributed by atoms with Crippen molar-refractivity contribution in [1.29, 1.82) is 0 Å². The maximum atomic E-state index is 13.2. The Kier molecular flexibility index (Phi) is 8.09. The van der Waals surface area contributed by atoms with E-state index in [-0.39, 0.29) is 29.7 Å². The van der Waals surface area contributed by atoms with Gasteiger partial charge in [-0.1, -0.05) is 47.6 Å². The molecule has 6 nitrogen and oxygen atoms in total. The van der Waals surface area contributed by atoms with Gasteiger partial charge in [0.15, 0.2) is 5.17 Å². The molecule has 0 saturated carbocycles. The summed E-state index contributed by atoms with van der Waals surface area (Å²) in [4.78, 5) is 31.9. The van der Waals surface area contributed by atoms with Crippen LogP contribution in [-0.2, 0) is 22.3 Å². The summed E-state index contributed by atoms with van der Waals surface area (Å²) in [6.45, 7) is 0.121. The number of benzene rings is 3. The third kappa shape index (κ3) is 6.84. The third-order valence-electron chi connectivity index (χ3n) is 5.42. The lowest BCUT2D eigenvalue weighted by molar-refractivity contribution is -0.137. The van der Waals surface area contributed by atoms with Crippen LogP contribution >= 0.6 is 23.4 Å². The zero-order valence-corrected chi connectivity index (χ0v) is 21.0. The van der Waals surface area contributed by atoms with Crippen molar-refractivity contribution in [3.63, 3.8) is 0 Å². The number of hydrogen-bond donors (Lipinski definition) is 1. The first kappa shape index (κ1) is 26.6. The fourth-order valence-corrected chi connectivity index (χ4v) is 4.85. The highest BCUT2D eigenvalue weighted by Gasteiger charge is 2.36. The Labute approximate surface area is 220 Å². The quantitative estimate of drug-likeness (QED) is 0.381. The topological polar surface area (TPSA) is 71.0 Å². The predicted molar refractivity (Wildman–Crippen MR) is 138 cm³/mol. The molecule has 1 aliphatic heterocycles. The molecule has 0 aromatic heterocycles. The number of amides is 2. The maximum absolute atomic E-state index is 13.2. The SMILES string of the molecule is COc1ccc(CN2C(=O)CC(C(=O)Nc3cccc(Cl)c3)SC2=Nc2cccc(C(F)(F)F)c2)cc1. The van der Waals surface area contributed by atoms with Gasteiger partial charge >= 0.3 is 6.18 Å². The molecule has 1 unspecified atom stereocenters. The second kappa shape index (κ2) is 11.3. The van der Waals surface area contributed by atoms with Crippen LogP contribution in [0.1, 0.15) is 17.5 Å². The van der Waals surface area contributed by atoms with E-state index in [1.54, 1.807) is 48.5 Å². The molecule has 1 saturated heterocycles. The molecular weight excluding hydrogens is 527 g/mol. The molecule has 0 aliphatic carbocycles. The largest absolute Gasteiger partial charge is 0.497 e. The van der Waals surface area contributed by atoms with Crippen molar-refractivity contribution in [2.75, 3.05) is 12.4 Å². The van der Waals surface area contributed by atoms with Crippen molar-refractivity contribution in [2.24, 2.45) is 4.99 Å². The predicted octanol–water partition coefficient (Wildman–Crippen LogP) is 6.53. The van der Waals surface area contributed by atoms with Gasteiger partial charge in [-0.25, -0.2) is 4.99 Å². The van der Waals surface area contributed by atoms with Crippen LogP contribution in [0.2, 0.25) is 5.02 Å². The molecule has 1 N–H and O–H groups in total. The summed E-state index contributed by atoms with van der Waals surface area (Å²) in [5.41, 5.74) is 0.370. The number of hydrogen-bond acceptors (Lipinski definition) is 5. The van der Waals surface area contributed by atoms with Crippen LogP contribution in [0.15, 0.2) is 77.8 Å². The fraction of sp³-hybridized carbons (Fsp3) is 0.192. The van der Waals surface area contributed by atoms with Crippen LogP contribution < -0.4 is 10.1 Å². The van der Waals surface area contributed by atoms with Crippen molar-refractivity contribution in [3.05, 3.63) is 88.9 Å². The van der Waals surface area contributed by atoms with Crippen molar-refractivity contribution in [1.82, 2.24) is 4.90 Å². The lowest BCUT2D eigenvalue weighted by Gasteiger charge is -2.32. The molecular formula is C26H21ClF3N3O3S. The number of methoxy groups -OCH3 is 1. The van der Waals surface area contributed by atoms with Crippen LogP contribution in [0.5, 0.6) is 5.75 Å². The molecule has 2 amide bonds. The highest BCUT2D eigenvalue weighted by atomic mass is 35.5. The van der Waals surface area contributed by atoms with E-state index in [1.165, 1.54) is 24.1 Å². The summed E-state index contributed by atoms with van der Waals surface area (Å²) in [6.07, 6.45) is -4.66. The molecule has 4 rings (SSSR count). The minimum atomic E-state index is -4.55. The number of nitrogens with one attached hydrogen (secondary N) is 1. The lowest BCUT2D eigenvalue weighted by atomic mass is 10.2. The van der Waals surface area contributed by atoms with Gasteiger partial charge < -0.3 is 10.1 Å². The first-order valence-corrected chi connectivity index (χ1v) is 12.3. The lowest BCUT2D eigenvalue weighted by Crippen LogP contribution is -2.44. The number of aliphatic imine (C=N–C) groups is 1. The van der Waals surface area contributed by atoms with Gasteiger partial charge in [-0.15, -0.1) is 0 Å². The van der Waals surface area contributed by atoms with Gasteiger partial charge in [-0.2, -0.15) is 13.2 Å². The summed E-state index contributed by atoms with van der Waals surface area (Å²) in [6, 6.07) is 18.1. The molecule has 1 fully saturated rings. The number of carbonyl (C=O) groups is 2. The normalized spacial score (nSPS) is 17.1. The van der Waals surface area contributed by atoms with Crippen LogP contribution in [0.3, 0.4) is 0 Å². The summed E-state index contributed by atoms with van der Waals surface area (Å²) < 4.78 is 44.9. The highest BCUT2D eigenvalue weighted by molar-refractivity contribution is 8.15. The summed E-state index contributed by atoms with van der Waals surface area (Å²) in [5, 5.41) is 2.44. The van der Waals surface area contributed by atoms with Crippen molar-refractivity contribution in [2.45, 2.75) is 24.4 Å². The van der Waals surface area contributed by atoms with Crippen LogP contribution in [-0.4, -0.2) is 34.2 Å². The average molecular weight is 548 g/mol. The number of rotatable bonds is 6. The zero-order chi connectivity index (χ0) is 26.6. The molecule has 1 heterocycles. The Morgan fingerprint density at radius 3 is 2.54 bits per heavy atom. The van der Waals surface area contributed by atoms with Gasteiger partial charge in [-0.05, 0) is 54.1 Å². The number of thioether (sulfide) groups is 1. The summed E-state index contributed by atoms with van der Waals surface area (Å²) >= 11 is 7.00. The third-order valence-corrected chi connectivity index (χ3v) is 6.85. The number of nitrogens with zero attached hydrogens (tertiary/aromatic N) is 2. The van der Waals surface area contributed by atoms with Gasteiger partial charge in [0.1, 0.15) is 11.0 Å². The Balaban J connectivity index is 1.64. The standard InChI is InChI=1S/C26H21ClF3N3O3S/c1-36-21-10-8-16(9-11-21)15-33-23(34)14-22(24(35)31-20-7-3-5-18(27)13-20)37-25(33)32-19-6-2-4-17(12-19)26(28,29)30/h2-13,22H,14-15H2,1H3,(H,31,35). The van der Waals surface area contributed by atoms with E-state index in [0.29, 0.717) is 16.5 Å². The number of ether oxygens (including phenoxy) is 1. The van der Waals surface area contributed by atoms with Gasteiger partial charge in [0, 0.05) is 17.1 Å². The van der Waals surface area contributed by atoms with Gasteiger partial charge in [0.05, 0.1) is 24.9 Å². The molecule has 1 aliphatic rings. The molecule has 3 aromatic carbocycles. The summed E-state index contributed by atoms with van der Waals surface area (Å²) in [5.74, 6) is -0.188. The van der Waals surface area contributed by atoms with Crippen LogP contribution in [0.4, 0.5) is 24.5 Å². The van der Waals surface area contributed by atoms with E-state index >= 15 is 0 Å².